The fraction of sp³-hybridized carbons (Fsp3) is 0.714. The van der Waals surface area contributed by atoms with E-state index in [1.54, 1.807) is 6.33 Å². The van der Waals surface area contributed by atoms with Crippen molar-refractivity contribution in [2.45, 2.75) is 44.1 Å². The van der Waals surface area contributed by atoms with Gasteiger partial charge in [-0.15, -0.1) is 0 Å². The minimum Gasteiger partial charge on any atom is -0.373 e. The molecule has 1 aliphatic rings. The molecule has 0 saturated carbocycles. The fourth-order valence-electron chi connectivity index (χ4n) is 2.72. The lowest BCUT2D eigenvalue weighted by molar-refractivity contribution is 0.709. The molecule has 2 atom stereocenters. The molecule has 2 rings (SSSR count). The molecule has 1 aliphatic heterocycles. The smallest absolute Gasteiger partial charge is 0.137 e. The Hall–Kier alpha value is -0.970. The predicted molar refractivity (Wildman–Crippen MR) is 84.3 cm³/mol. The van der Waals surface area contributed by atoms with Crippen molar-refractivity contribution in [2.75, 3.05) is 30.4 Å². The molecule has 5 heteroatoms. The van der Waals surface area contributed by atoms with Gasteiger partial charge in [0.05, 0.1) is 0 Å². The Morgan fingerprint density at radius 3 is 2.58 bits per heavy atom. The van der Waals surface area contributed by atoms with Gasteiger partial charge in [0, 0.05) is 36.2 Å². The molecule has 1 saturated heterocycles. The average molecular weight is 280 g/mol. The van der Waals surface area contributed by atoms with E-state index in [2.05, 4.69) is 52.7 Å². The number of hydrogen-bond donors (Lipinski definition) is 1. The molecule has 1 N–H and O–H groups in total. The van der Waals surface area contributed by atoms with Crippen molar-refractivity contribution in [3.05, 3.63) is 11.9 Å². The van der Waals surface area contributed by atoms with Gasteiger partial charge in [0.15, 0.2) is 0 Å². The van der Waals surface area contributed by atoms with E-state index >= 15 is 0 Å². The highest BCUT2D eigenvalue weighted by atomic mass is 32.2. The van der Waals surface area contributed by atoms with E-state index < -0.39 is 0 Å². The zero-order chi connectivity index (χ0) is 13.8. The molecular formula is C14H24N4S. The van der Waals surface area contributed by atoms with Crippen LogP contribution in [0.25, 0.3) is 0 Å². The molecule has 0 amide bonds. The van der Waals surface area contributed by atoms with Crippen LogP contribution in [0, 0.1) is 0 Å². The minimum absolute atomic E-state index is 0.659. The molecule has 0 radical (unpaired) electrons. The number of nitrogens with zero attached hydrogens (tertiary/aromatic N) is 3. The molecule has 0 bridgehead atoms. The Bertz CT molecular complexity index is 414. The second kappa shape index (κ2) is 6.46. The lowest BCUT2D eigenvalue weighted by atomic mass is 10.1. The van der Waals surface area contributed by atoms with E-state index in [4.69, 9.17) is 0 Å². The van der Waals surface area contributed by atoms with Crippen LogP contribution >= 0.6 is 11.8 Å². The summed E-state index contributed by atoms with van der Waals surface area (Å²) in [5.74, 6) is 2.10. The molecule has 1 aromatic heterocycles. The van der Waals surface area contributed by atoms with Crippen molar-refractivity contribution in [1.82, 2.24) is 9.97 Å². The van der Waals surface area contributed by atoms with Crippen molar-refractivity contribution in [2.24, 2.45) is 0 Å². The van der Waals surface area contributed by atoms with Gasteiger partial charge >= 0.3 is 0 Å². The number of aromatic nitrogens is 2. The first-order valence-corrected chi connectivity index (χ1v) is 8.02. The topological polar surface area (TPSA) is 41.1 Å². The predicted octanol–water partition coefficient (Wildman–Crippen LogP) is 2.80. The number of hydrogen-bond acceptors (Lipinski definition) is 5. The Morgan fingerprint density at radius 2 is 2.00 bits per heavy atom. The van der Waals surface area contributed by atoms with Gasteiger partial charge in [-0.05, 0) is 6.42 Å². The molecule has 2 unspecified atom stereocenters. The molecule has 19 heavy (non-hydrogen) atoms. The number of nitrogens with one attached hydrogen (secondary N) is 1. The highest BCUT2D eigenvalue weighted by Gasteiger charge is 2.25. The normalized spacial score (nSPS) is 23.5. The summed E-state index contributed by atoms with van der Waals surface area (Å²) < 4.78 is 0. The third-order valence-electron chi connectivity index (χ3n) is 3.38. The standard InChI is InChI=1S/C14H24N4S/c1-5-6-12-13(15-4)16-9-17-14(12)18-7-10(2)19-11(3)8-18/h9-11H,5-8H2,1-4H3,(H,15,16,17). The Balaban J connectivity index is 2.32. The summed E-state index contributed by atoms with van der Waals surface area (Å²) in [7, 11) is 1.93. The molecule has 0 aromatic carbocycles. The van der Waals surface area contributed by atoms with Gasteiger partial charge in [0.25, 0.3) is 0 Å². The van der Waals surface area contributed by atoms with Crippen LogP contribution in [0.4, 0.5) is 11.6 Å². The van der Waals surface area contributed by atoms with E-state index in [-0.39, 0.29) is 0 Å². The van der Waals surface area contributed by atoms with Crippen molar-refractivity contribution >= 4 is 23.4 Å². The zero-order valence-electron chi connectivity index (χ0n) is 12.3. The Morgan fingerprint density at radius 1 is 1.32 bits per heavy atom. The SMILES string of the molecule is CCCc1c(NC)ncnc1N1CC(C)SC(C)C1. The van der Waals surface area contributed by atoms with E-state index in [0.717, 1.165) is 37.6 Å². The third-order valence-corrected chi connectivity index (χ3v) is 4.61. The average Bonchev–Trinajstić information content (AvgIpc) is 2.38. The van der Waals surface area contributed by atoms with Gasteiger partial charge in [-0.2, -0.15) is 11.8 Å². The monoisotopic (exact) mass is 280 g/mol. The highest BCUT2D eigenvalue weighted by Crippen LogP contribution is 2.31. The number of thioether (sulfide) groups is 1. The quantitative estimate of drug-likeness (QED) is 0.918. The summed E-state index contributed by atoms with van der Waals surface area (Å²) in [5, 5.41) is 4.52. The van der Waals surface area contributed by atoms with Crippen LogP contribution in [0.1, 0.15) is 32.8 Å². The summed E-state index contributed by atoms with van der Waals surface area (Å²) in [4.78, 5) is 11.3. The van der Waals surface area contributed by atoms with Crippen molar-refractivity contribution < 1.29 is 0 Å². The zero-order valence-corrected chi connectivity index (χ0v) is 13.1. The summed E-state index contributed by atoms with van der Waals surface area (Å²) in [5.41, 5.74) is 1.26. The van der Waals surface area contributed by atoms with E-state index in [1.807, 2.05) is 7.05 Å². The van der Waals surface area contributed by atoms with E-state index in [1.165, 1.54) is 5.56 Å². The van der Waals surface area contributed by atoms with Crippen molar-refractivity contribution in [3.8, 4) is 0 Å². The van der Waals surface area contributed by atoms with Gasteiger partial charge in [0.1, 0.15) is 18.0 Å². The molecule has 4 nitrogen and oxygen atoms in total. The van der Waals surface area contributed by atoms with Gasteiger partial charge < -0.3 is 10.2 Å². The lowest BCUT2D eigenvalue weighted by Gasteiger charge is -2.36. The third kappa shape index (κ3) is 3.32. The van der Waals surface area contributed by atoms with Crippen molar-refractivity contribution in [1.29, 1.82) is 0 Å². The van der Waals surface area contributed by atoms with Crippen molar-refractivity contribution in [3.63, 3.8) is 0 Å². The van der Waals surface area contributed by atoms with Crippen LogP contribution in [-0.4, -0.2) is 40.6 Å². The van der Waals surface area contributed by atoms with Gasteiger partial charge in [-0.1, -0.05) is 27.2 Å². The Kier molecular flexibility index (Phi) is 4.91. The summed E-state index contributed by atoms with van der Waals surface area (Å²) >= 11 is 2.07. The highest BCUT2D eigenvalue weighted by molar-refractivity contribution is 8.00. The fourth-order valence-corrected chi connectivity index (χ4v) is 4.05. The molecule has 0 spiro atoms. The summed E-state index contributed by atoms with van der Waals surface area (Å²) in [6.07, 6.45) is 3.82. The maximum Gasteiger partial charge on any atom is 0.137 e. The first-order valence-electron chi connectivity index (χ1n) is 7.07. The molecule has 0 aliphatic carbocycles. The van der Waals surface area contributed by atoms with Gasteiger partial charge in [-0.3, -0.25) is 0 Å². The molecule has 1 fully saturated rings. The summed E-state index contributed by atoms with van der Waals surface area (Å²) in [6.45, 7) is 8.95. The first kappa shape index (κ1) is 14.4. The Labute approximate surface area is 120 Å². The van der Waals surface area contributed by atoms with E-state index in [9.17, 15) is 0 Å². The van der Waals surface area contributed by atoms with Crippen LogP contribution in [0.5, 0.6) is 0 Å². The number of rotatable bonds is 4. The van der Waals surface area contributed by atoms with Crippen LogP contribution in [0.3, 0.4) is 0 Å². The molecule has 106 valence electrons. The van der Waals surface area contributed by atoms with Crippen LogP contribution in [0.15, 0.2) is 6.33 Å². The van der Waals surface area contributed by atoms with Crippen LogP contribution < -0.4 is 10.2 Å². The second-order valence-electron chi connectivity index (χ2n) is 5.19. The molecule has 1 aromatic rings. The maximum absolute atomic E-state index is 4.56. The number of anilines is 2. The van der Waals surface area contributed by atoms with Gasteiger partial charge in [0.2, 0.25) is 0 Å². The minimum atomic E-state index is 0.659. The van der Waals surface area contributed by atoms with E-state index in [0.29, 0.717) is 10.5 Å². The molecular weight excluding hydrogens is 256 g/mol. The maximum atomic E-state index is 4.56. The summed E-state index contributed by atoms with van der Waals surface area (Å²) in [6, 6.07) is 0. The lowest BCUT2D eigenvalue weighted by Crippen LogP contribution is -2.41. The largest absolute Gasteiger partial charge is 0.373 e. The first-order chi connectivity index (χ1) is 9.15. The molecule has 2 heterocycles. The van der Waals surface area contributed by atoms with Crippen LogP contribution in [0.2, 0.25) is 0 Å². The van der Waals surface area contributed by atoms with Gasteiger partial charge in [-0.25, -0.2) is 9.97 Å². The second-order valence-corrected chi connectivity index (χ2v) is 7.07. The van der Waals surface area contributed by atoms with Crippen LogP contribution in [-0.2, 0) is 6.42 Å².